The molecule has 0 spiro atoms. The molecule has 110 valence electrons. The van der Waals surface area contributed by atoms with Gasteiger partial charge in [0.2, 0.25) is 0 Å². The van der Waals surface area contributed by atoms with E-state index in [2.05, 4.69) is 20.9 Å². The van der Waals surface area contributed by atoms with E-state index in [0.717, 1.165) is 28.3 Å². The summed E-state index contributed by atoms with van der Waals surface area (Å²) in [5, 5.41) is 0. The van der Waals surface area contributed by atoms with Crippen molar-refractivity contribution in [3.63, 3.8) is 0 Å². The maximum Gasteiger partial charge on any atom is 0.254 e. The lowest BCUT2D eigenvalue weighted by molar-refractivity contribution is 0.0730. The largest absolute Gasteiger partial charge is 0.497 e. The summed E-state index contributed by atoms with van der Waals surface area (Å²) in [5.41, 5.74) is 2.85. The van der Waals surface area contributed by atoms with E-state index in [4.69, 9.17) is 4.74 Å². The summed E-state index contributed by atoms with van der Waals surface area (Å²) < 4.78 is 7.92. The number of hydrogen-bond acceptors (Lipinski definition) is 3. The molecule has 0 saturated carbocycles. The third kappa shape index (κ3) is 2.55. The van der Waals surface area contributed by atoms with Crippen molar-refractivity contribution in [2.75, 3.05) is 13.7 Å². The Balaban J connectivity index is 1.81. The highest BCUT2D eigenvalue weighted by Crippen LogP contribution is 2.23. The molecule has 1 aromatic heterocycles. The molecule has 0 unspecified atom stereocenters. The number of carbonyl (C=O) groups excluding carboxylic acids is 1. The van der Waals surface area contributed by atoms with Gasteiger partial charge in [-0.25, -0.2) is 4.98 Å². The van der Waals surface area contributed by atoms with Gasteiger partial charge < -0.3 is 14.2 Å². The third-order valence-corrected chi connectivity index (χ3v) is 4.53. The summed E-state index contributed by atoms with van der Waals surface area (Å²) >= 11 is 3.43. The van der Waals surface area contributed by atoms with Crippen LogP contribution in [0, 0.1) is 0 Å². The number of hydrogen-bond donors (Lipinski definition) is 0. The van der Waals surface area contributed by atoms with Gasteiger partial charge in [-0.05, 0) is 40.2 Å². The Morgan fingerprint density at radius 2 is 2.05 bits per heavy atom. The number of imidazole rings is 1. The van der Waals surface area contributed by atoms with Crippen LogP contribution in [0.25, 0.3) is 0 Å². The first-order valence-corrected chi connectivity index (χ1v) is 7.52. The van der Waals surface area contributed by atoms with Gasteiger partial charge in [-0.15, -0.1) is 0 Å². The zero-order valence-electron chi connectivity index (χ0n) is 12.0. The van der Waals surface area contributed by atoms with E-state index in [1.807, 2.05) is 28.6 Å². The van der Waals surface area contributed by atoms with Crippen LogP contribution in [0.3, 0.4) is 0 Å². The first-order chi connectivity index (χ1) is 10.1. The lowest BCUT2D eigenvalue weighted by Crippen LogP contribution is -2.36. The predicted octanol–water partition coefficient (Wildman–Crippen LogP) is 2.39. The molecule has 0 atom stereocenters. The van der Waals surface area contributed by atoms with Crippen LogP contribution in [0.1, 0.15) is 21.7 Å². The van der Waals surface area contributed by atoms with Crippen molar-refractivity contribution in [1.29, 1.82) is 0 Å². The Morgan fingerprint density at radius 1 is 1.33 bits per heavy atom. The summed E-state index contributed by atoms with van der Waals surface area (Å²) in [5.74, 6) is 0.795. The van der Waals surface area contributed by atoms with E-state index in [0.29, 0.717) is 18.7 Å². The van der Waals surface area contributed by atoms with Gasteiger partial charge in [-0.1, -0.05) is 0 Å². The van der Waals surface area contributed by atoms with Crippen LogP contribution in [-0.2, 0) is 20.0 Å². The first kappa shape index (κ1) is 14.1. The molecule has 1 aliphatic heterocycles. The SMILES string of the molecule is COc1ccc(C(=O)N2CCc3nc(Br)n(C)c3C2)cc1. The lowest BCUT2D eigenvalue weighted by atomic mass is 10.1. The highest BCUT2D eigenvalue weighted by Gasteiger charge is 2.25. The number of ether oxygens (including phenoxy) is 1. The summed E-state index contributed by atoms with van der Waals surface area (Å²) in [4.78, 5) is 18.9. The molecule has 0 N–H and O–H groups in total. The van der Waals surface area contributed by atoms with Crippen LogP contribution in [0.4, 0.5) is 0 Å². The summed E-state index contributed by atoms with van der Waals surface area (Å²) in [6.07, 6.45) is 0.788. The zero-order chi connectivity index (χ0) is 15.0. The molecule has 6 heteroatoms. The highest BCUT2D eigenvalue weighted by molar-refractivity contribution is 9.10. The maximum absolute atomic E-state index is 12.6. The Bertz CT molecular complexity index is 679. The van der Waals surface area contributed by atoms with Crippen molar-refractivity contribution in [2.45, 2.75) is 13.0 Å². The molecule has 0 aliphatic carbocycles. The number of methoxy groups -OCH3 is 1. The molecule has 2 aromatic rings. The molecular formula is C15H16BrN3O2. The van der Waals surface area contributed by atoms with Gasteiger partial charge in [0.15, 0.2) is 4.73 Å². The molecule has 5 nitrogen and oxygen atoms in total. The van der Waals surface area contributed by atoms with Crippen LogP contribution in [0.15, 0.2) is 29.0 Å². The van der Waals surface area contributed by atoms with E-state index >= 15 is 0 Å². The standard InChI is InChI=1S/C15H16BrN3O2/c1-18-13-9-19(8-7-12(13)17-15(18)16)14(20)10-3-5-11(21-2)6-4-10/h3-6H,7-9H2,1-2H3. The fourth-order valence-electron chi connectivity index (χ4n) is 2.54. The van der Waals surface area contributed by atoms with E-state index in [-0.39, 0.29) is 5.91 Å². The van der Waals surface area contributed by atoms with E-state index in [1.54, 1.807) is 19.2 Å². The van der Waals surface area contributed by atoms with E-state index in [1.165, 1.54) is 0 Å². The van der Waals surface area contributed by atoms with E-state index in [9.17, 15) is 4.79 Å². The Kier molecular flexibility index (Phi) is 3.71. The van der Waals surface area contributed by atoms with Crippen LogP contribution < -0.4 is 4.74 Å². The number of halogens is 1. The lowest BCUT2D eigenvalue weighted by Gasteiger charge is -2.27. The zero-order valence-corrected chi connectivity index (χ0v) is 13.6. The minimum atomic E-state index is 0.0422. The second kappa shape index (κ2) is 5.52. The number of benzene rings is 1. The number of nitrogens with zero attached hydrogens (tertiary/aromatic N) is 3. The van der Waals surface area contributed by atoms with Crippen molar-refractivity contribution >= 4 is 21.8 Å². The second-order valence-corrected chi connectivity index (χ2v) is 5.75. The average molecular weight is 350 g/mol. The van der Waals surface area contributed by atoms with E-state index < -0.39 is 0 Å². The molecule has 2 heterocycles. The maximum atomic E-state index is 12.6. The molecular weight excluding hydrogens is 334 g/mol. The third-order valence-electron chi connectivity index (χ3n) is 3.83. The average Bonchev–Trinajstić information content (AvgIpc) is 2.81. The summed E-state index contributed by atoms with van der Waals surface area (Å²) in [6, 6.07) is 7.22. The molecule has 0 fully saturated rings. The highest BCUT2D eigenvalue weighted by atomic mass is 79.9. The van der Waals surface area contributed by atoms with Crippen molar-refractivity contribution in [2.24, 2.45) is 7.05 Å². The van der Waals surface area contributed by atoms with Crippen LogP contribution in [0.2, 0.25) is 0 Å². The molecule has 3 rings (SSSR count). The monoisotopic (exact) mass is 349 g/mol. The second-order valence-electron chi connectivity index (χ2n) is 5.04. The Hall–Kier alpha value is -1.82. The fourth-order valence-corrected chi connectivity index (χ4v) is 2.97. The first-order valence-electron chi connectivity index (χ1n) is 6.73. The van der Waals surface area contributed by atoms with Gasteiger partial charge in [0.05, 0.1) is 25.0 Å². The molecule has 1 amide bonds. The van der Waals surface area contributed by atoms with Crippen LogP contribution >= 0.6 is 15.9 Å². The number of amides is 1. The predicted molar refractivity (Wildman–Crippen MR) is 82.3 cm³/mol. The Morgan fingerprint density at radius 3 is 2.71 bits per heavy atom. The smallest absolute Gasteiger partial charge is 0.254 e. The molecule has 0 radical (unpaired) electrons. The number of aromatic nitrogens is 2. The molecule has 21 heavy (non-hydrogen) atoms. The quantitative estimate of drug-likeness (QED) is 0.836. The molecule has 1 aromatic carbocycles. The van der Waals surface area contributed by atoms with Crippen molar-refractivity contribution in [1.82, 2.24) is 14.5 Å². The molecule has 0 bridgehead atoms. The van der Waals surface area contributed by atoms with Gasteiger partial charge in [0.1, 0.15) is 5.75 Å². The minimum absolute atomic E-state index is 0.0422. The Labute approximate surface area is 131 Å². The van der Waals surface area contributed by atoms with Gasteiger partial charge in [0, 0.05) is 25.6 Å². The van der Waals surface area contributed by atoms with Gasteiger partial charge in [-0.3, -0.25) is 4.79 Å². The number of fused-ring (bicyclic) bond motifs is 1. The number of carbonyl (C=O) groups is 1. The van der Waals surface area contributed by atoms with Gasteiger partial charge >= 0.3 is 0 Å². The molecule has 1 aliphatic rings. The normalized spacial score (nSPS) is 14.0. The van der Waals surface area contributed by atoms with Crippen LogP contribution in [-0.4, -0.2) is 34.0 Å². The minimum Gasteiger partial charge on any atom is -0.497 e. The van der Waals surface area contributed by atoms with Gasteiger partial charge in [-0.2, -0.15) is 0 Å². The van der Waals surface area contributed by atoms with Gasteiger partial charge in [0.25, 0.3) is 5.91 Å². The summed E-state index contributed by atoms with van der Waals surface area (Å²) in [6.45, 7) is 1.29. The van der Waals surface area contributed by atoms with Crippen LogP contribution in [0.5, 0.6) is 5.75 Å². The number of rotatable bonds is 2. The van der Waals surface area contributed by atoms with Crippen molar-refractivity contribution in [3.05, 3.63) is 46.0 Å². The van der Waals surface area contributed by atoms with Crippen molar-refractivity contribution in [3.8, 4) is 5.75 Å². The topological polar surface area (TPSA) is 47.4 Å². The summed E-state index contributed by atoms with van der Waals surface area (Å²) in [7, 11) is 3.57. The fraction of sp³-hybridized carbons (Fsp3) is 0.333. The van der Waals surface area contributed by atoms with Crippen molar-refractivity contribution < 1.29 is 9.53 Å². The molecule has 0 saturated heterocycles.